The van der Waals surface area contributed by atoms with Gasteiger partial charge in [0.2, 0.25) is 23.4 Å². The lowest BCUT2D eigenvalue weighted by Crippen LogP contribution is -2.28. The number of nitrogens with zero attached hydrogens (tertiary/aromatic N) is 13. The first-order valence-corrected chi connectivity index (χ1v) is 16.8. The monoisotopic (exact) mass is 724 g/mol. The van der Waals surface area contributed by atoms with Gasteiger partial charge in [0, 0.05) is 58.3 Å². The SMILES string of the molecule is CC(C)(CN)c1nc(-c2cccc(Nc3ncnn4cccc34)c2)no1.CC(C)(CN=[N+]=[N-])c1nc(-c2cccc(Nc3ncnn4cccc34)c2)no1. The first-order chi connectivity index (χ1) is 26.1. The Labute approximate surface area is 308 Å². The zero-order valence-electron chi connectivity index (χ0n) is 29.9. The van der Waals surface area contributed by atoms with Crippen molar-refractivity contribution in [1.29, 1.82) is 0 Å². The summed E-state index contributed by atoms with van der Waals surface area (Å²) in [7, 11) is 0. The number of aromatic nitrogens is 10. The van der Waals surface area contributed by atoms with Crippen LogP contribution in [-0.2, 0) is 10.8 Å². The van der Waals surface area contributed by atoms with E-state index in [2.05, 4.69) is 61.1 Å². The highest BCUT2D eigenvalue weighted by atomic mass is 16.5. The van der Waals surface area contributed by atoms with Crippen LogP contribution in [0.4, 0.5) is 23.0 Å². The average Bonchev–Trinajstić information content (AvgIpc) is 4.02. The lowest BCUT2D eigenvalue weighted by Gasteiger charge is -2.15. The Bertz CT molecular complexity index is 2580. The fourth-order valence-corrected chi connectivity index (χ4v) is 5.26. The van der Waals surface area contributed by atoms with Crippen molar-refractivity contribution in [2.24, 2.45) is 10.8 Å². The molecule has 54 heavy (non-hydrogen) atoms. The molecule has 0 aliphatic carbocycles. The Morgan fingerprint density at radius 2 is 1.22 bits per heavy atom. The van der Waals surface area contributed by atoms with E-state index >= 15 is 0 Å². The van der Waals surface area contributed by atoms with Gasteiger partial charge in [0.05, 0.1) is 5.41 Å². The molecule has 0 fully saturated rings. The maximum absolute atomic E-state index is 8.54. The number of rotatable bonds is 11. The third-order valence-electron chi connectivity index (χ3n) is 8.48. The van der Waals surface area contributed by atoms with E-state index in [0.29, 0.717) is 35.8 Å². The molecule has 18 nitrogen and oxygen atoms in total. The Balaban J connectivity index is 0.000000167. The lowest BCUT2D eigenvalue weighted by atomic mass is 9.94. The summed E-state index contributed by atoms with van der Waals surface area (Å²) in [5.41, 5.74) is 18.5. The molecule has 0 amide bonds. The highest BCUT2D eigenvalue weighted by Crippen LogP contribution is 2.29. The third-order valence-corrected chi connectivity index (χ3v) is 8.48. The van der Waals surface area contributed by atoms with Crippen LogP contribution in [0.3, 0.4) is 0 Å². The zero-order valence-corrected chi connectivity index (χ0v) is 29.9. The molecule has 0 unspecified atom stereocenters. The van der Waals surface area contributed by atoms with E-state index < -0.39 is 5.41 Å². The van der Waals surface area contributed by atoms with Crippen LogP contribution in [0.2, 0.25) is 0 Å². The number of nitrogens with one attached hydrogen (secondary N) is 2. The molecule has 8 aromatic rings. The molecular formula is C36H36N16O2. The summed E-state index contributed by atoms with van der Waals surface area (Å²) in [6.07, 6.45) is 6.74. The minimum Gasteiger partial charge on any atom is -0.338 e. The van der Waals surface area contributed by atoms with Gasteiger partial charge in [-0.15, -0.1) is 0 Å². The number of fused-ring (bicyclic) bond motifs is 2. The second kappa shape index (κ2) is 14.8. The molecular weight excluding hydrogens is 689 g/mol. The highest BCUT2D eigenvalue weighted by Gasteiger charge is 2.28. The number of azide groups is 1. The van der Waals surface area contributed by atoms with Gasteiger partial charge in [-0.1, -0.05) is 53.5 Å². The molecule has 0 aliphatic heterocycles. The summed E-state index contributed by atoms with van der Waals surface area (Å²) in [6.45, 7) is 8.37. The van der Waals surface area contributed by atoms with Gasteiger partial charge < -0.3 is 25.4 Å². The van der Waals surface area contributed by atoms with Crippen LogP contribution in [0.5, 0.6) is 0 Å². The molecule has 0 atom stereocenters. The van der Waals surface area contributed by atoms with Crippen molar-refractivity contribution in [3.63, 3.8) is 0 Å². The van der Waals surface area contributed by atoms with Crippen LogP contribution in [0, 0.1) is 0 Å². The topological polar surface area (TPSA) is 237 Å². The number of anilines is 4. The molecule has 0 saturated carbocycles. The predicted molar refractivity (Wildman–Crippen MR) is 201 cm³/mol. The maximum Gasteiger partial charge on any atom is 0.233 e. The molecule has 8 rings (SSSR count). The van der Waals surface area contributed by atoms with Gasteiger partial charge in [-0.2, -0.15) is 20.2 Å². The fourth-order valence-electron chi connectivity index (χ4n) is 5.26. The van der Waals surface area contributed by atoms with E-state index in [9.17, 15) is 0 Å². The Hall–Kier alpha value is -7.17. The fraction of sp³-hybridized carbons (Fsp3) is 0.222. The van der Waals surface area contributed by atoms with Gasteiger partial charge in [-0.3, -0.25) is 0 Å². The van der Waals surface area contributed by atoms with E-state index in [0.717, 1.165) is 39.4 Å². The van der Waals surface area contributed by atoms with Gasteiger partial charge in [0.1, 0.15) is 23.7 Å². The molecule has 0 aliphatic rings. The van der Waals surface area contributed by atoms with E-state index in [4.69, 9.17) is 20.3 Å². The summed E-state index contributed by atoms with van der Waals surface area (Å²) in [5.74, 6) is 3.35. The van der Waals surface area contributed by atoms with Gasteiger partial charge in [0.15, 0.2) is 11.6 Å². The number of hydrogen-bond acceptors (Lipinski definition) is 14. The summed E-state index contributed by atoms with van der Waals surface area (Å²) in [5, 5.41) is 26.7. The molecule has 6 aromatic heterocycles. The summed E-state index contributed by atoms with van der Waals surface area (Å²) < 4.78 is 14.3. The first-order valence-electron chi connectivity index (χ1n) is 16.8. The van der Waals surface area contributed by atoms with Gasteiger partial charge in [-0.05, 0) is 67.9 Å². The molecule has 18 heteroatoms. The summed E-state index contributed by atoms with van der Waals surface area (Å²) in [4.78, 5) is 20.4. The molecule has 0 radical (unpaired) electrons. The Morgan fingerprint density at radius 3 is 1.70 bits per heavy atom. The van der Waals surface area contributed by atoms with Crippen molar-refractivity contribution in [3.8, 4) is 22.8 Å². The number of benzene rings is 2. The van der Waals surface area contributed by atoms with Crippen LogP contribution >= 0.6 is 0 Å². The van der Waals surface area contributed by atoms with Crippen molar-refractivity contribution in [2.75, 3.05) is 23.7 Å². The number of nitrogens with two attached hydrogens (primary N) is 1. The van der Waals surface area contributed by atoms with Crippen LogP contribution < -0.4 is 16.4 Å². The zero-order chi connectivity index (χ0) is 37.7. The molecule has 0 bridgehead atoms. The van der Waals surface area contributed by atoms with Crippen molar-refractivity contribution < 1.29 is 9.05 Å². The van der Waals surface area contributed by atoms with Gasteiger partial charge in [-0.25, -0.2) is 19.0 Å². The van der Waals surface area contributed by atoms with Gasteiger partial charge in [0.25, 0.3) is 0 Å². The maximum atomic E-state index is 8.54. The van der Waals surface area contributed by atoms with Crippen LogP contribution in [-0.4, -0.2) is 62.6 Å². The molecule has 4 N–H and O–H groups in total. The molecule has 272 valence electrons. The smallest absolute Gasteiger partial charge is 0.233 e. The molecule has 2 aromatic carbocycles. The normalized spacial score (nSPS) is 11.6. The second-order valence-corrected chi connectivity index (χ2v) is 13.5. The van der Waals surface area contributed by atoms with Crippen molar-refractivity contribution >= 4 is 34.0 Å². The van der Waals surface area contributed by atoms with Crippen molar-refractivity contribution in [1.82, 2.24) is 49.5 Å². The van der Waals surface area contributed by atoms with Crippen LogP contribution in [0.15, 0.2) is 112 Å². The lowest BCUT2D eigenvalue weighted by molar-refractivity contribution is 0.311. The Morgan fingerprint density at radius 1 is 0.722 bits per heavy atom. The van der Waals surface area contributed by atoms with E-state index in [1.54, 1.807) is 9.03 Å². The largest absolute Gasteiger partial charge is 0.338 e. The second-order valence-electron chi connectivity index (χ2n) is 13.5. The Kier molecular flexibility index (Phi) is 9.67. The predicted octanol–water partition coefficient (Wildman–Crippen LogP) is 6.87. The average molecular weight is 725 g/mol. The summed E-state index contributed by atoms with van der Waals surface area (Å²) in [6, 6.07) is 23.1. The highest BCUT2D eigenvalue weighted by molar-refractivity contribution is 5.76. The van der Waals surface area contributed by atoms with E-state index in [1.807, 2.05) is 113 Å². The quantitative estimate of drug-likeness (QED) is 0.0702. The minimum atomic E-state index is -0.547. The van der Waals surface area contributed by atoms with E-state index in [-0.39, 0.29) is 12.0 Å². The first kappa shape index (κ1) is 35.2. The summed E-state index contributed by atoms with van der Waals surface area (Å²) >= 11 is 0. The number of hydrogen-bond donors (Lipinski definition) is 3. The molecule has 0 spiro atoms. The third kappa shape index (κ3) is 7.55. The van der Waals surface area contributed by atoms with Crippen LogP contribution in [0.1, 0.15) is 39.5 Å². The van der Waals surface area contributed by atoms with E-state index in [1.165, 1.54) is 12.7 Å². The van der Waals surface area contributed by atoms with Gasteiger partial charge >= 0.3 is 0 Å². The minimum absolute atomic E-state index is 0.230. The van der Waals surface area contributed by atoms with Crippen LogP contribution in [0.25, 0.3) is 44.3 Å². The van der Waals surface area contributed by atoms with Crippen molar-refractivity contribution in [3.05, 3.63) is 120 Å². The molecule has 0 saturated heterocycles. The molecule has 6 heterocycles. The van der Waals surface area contributed by atoms with Crippen molar-refractivity contribution in [2.45, 2.75) is 38.5 Å². The standard InChI is InChI=1S/C18H17N9O.C18H19N7O/c1-18(2,10-21-26-19)17-24-15(25-28-17)12-5-3-6-13(9-12)23-16-14-7-4-8-27(14)22-11-20-16;1-18(2,10-19)17-23-15(24-26-17)12-5-3-6-13(9-12)22-16-14-7-4-8-25(14)21-11-20-16/h3-9,11H,10H2,1-2H3,(H,20,22,23);3-9,11H,10,19H2,1-2H3,(H,20,21,22).